The van der Waals surface area contributed by atoms with Gasteiger partial charge in [0.25, 0.3) is 0 Å². The molecule has 8 fully saturated rings. The molecule has 0 aromatic carbocycles. The van der Waals surface area contributed by atoms with Gasteiger partial charge in [0.05, 0.1) is 54.2 Å². The van der Waals surface area contributed by atoms with Gasteiger partial charge in [0.1, 0.15) is 72.7 Å². The van der Waals surface area contributed by atoms with Crippen molar-refractivity contribution in [3.8, 4) is 0 Å². The average Bonchev–Trinajstić information content (AvgIpc) is 3.92. The standard InChI is InChI=1S/C55H90O22/c1-13-25(2)49(62)71-29(6)54(63)18-19-55(64)33-15-14-31-20-32(16-17-52(31,8)34(33)21-38(53(54,55)9)72-30(7)57)73-39-22-35(65-10)45(26(3)68-39)75-40-23-36(66-11)46(27(4)69-40)76-51-44(61)48(67-12)47(28(5)70-51)77-50-43(60)42(59)41(58)37(24-56)74-50/h13,26-29,31-48,50-51,56,58-61,63-64H,14-24H2,1-12H3. The van der Waals surface area contributed by atoms with Crippen LogP contribution in [0.2, 0.25) is 0 Å². The van der Waals surface area contributed by atoms with E-state index in [2.05, 4.69) is 6.92 Å². The number of esters is 2. The lowest BCUT2D eigenvalue weighted by molar-refractivity contribution is -0.373. The summed E-state index contributed by atoms with van der Waals surface area (Å²) in [6.45, 7) is 15.3. The molecule has 0 spiro atoms. The van der Waals surface area contributed by atoms with Gasteiger partial charge in [-0.05, 0) is 116 Å². The lowest BCUT2D eigenvalue weighted by atomic mass is 9.42. The SMILES string of the molecule is CC=C(C)C(=O)OC(C)C1(O)CCC2(O)C3CCC4CC(OC5CC(OC)C(OC6CC(OC)C(OC7OC(C)C(OC8OC(CO)C(O)C(O)C8O)C(OC)C7O)C(C)O6)C(C)O5)CCC4(C)C3CC(OC(C)=O)C12C. The van der Waals surface area contributed by atoms with Crippen molar-refractivity contribution in [2.75, 3.05) is 27.9 Å². The van der Waals surface area contributed by atoms with E-state index in [1.807, 2.05) is 13.8 Å². The Morgan fingerprint density at radius 2 is 1.26 bits per heavy atom. The first-order valence-corrected chi connectivity index (χ1v) is 27.9. The number of aliphatic hydroxyl groups excluding tert-OH is 5. The van der Waals surface area contributed by atoms with E-state index < -0.39 is 158 Å². The smallest absolute Gasteiger partial charge is 0.333 e. The van der Waals surface area contributed by atoms with Crippen molar-refractivity contribution >= 4 is 11.9 Å². The molecular weight excluding hydrogens is 1010 g/mol. The maximum atomic E-state index is 13.1. The van der Waals surface area contributed by atoms with E-state index in [-0.39, 0.29) is 48.5 Å². The van der Waals surface area contributed by atoms with Crippen LogP contribution < -0.4 is 0 Å². The molecule has 22 nitrogen and oxygen atoms in total. The lowest BCUT2D eigenvalue weighted by Gasteiger charge is -2.66. The highest BCUT2D eigenvalue weighted by Crippen LogP contribution is 2.71. The van der Waals surface area contributed by atoms with Gasteiger partial charge in [-0.1, -0.05) is 19.9 Å². The normalized spacial score (nSPS) is 50.7. The van der Waals surface area contributed by atoms with E-state index in [0.717, 1.165) is 32.1 Å². The number of rotatable bonds is 16. The van der Waals surface area contributed by atoms with Gasteiger partial charge in [0.15, 0.2) is 25.2 Å². The van der Waals surface area contributed by atoms with Crippen molar-refractivity contribution in [2.45, 2.75) is 267 Å². The predicted molar refractivity (Wildman–Crippen MR) is 268 cm³/mol. The molecule has 442 valence electrons. The molecule has 0 amide bonds. The molecular formula is C55H90O22. The highest BCUT2D eigenvalue weighted by molar-refractivity contribution is 5.87. The quantitative estimate of drug-likeness (QED) is 0.0661. The van der Waals surface area contributed by atoms with Crippen molar-refractivity contribution < 1.29 is 107 Å². The van der Waals surface area contributed by atoms with E-state index in [0.29, 0.717) is 18.4 Å². The third-order valence-electron chi connectivity index (χ3n) is 20.0. The Bertz CT molecular complexity index is 2050. The van der Waals surface area contributed by atoms with Crippen molar-refractivity contribution in [3.63, 3.8) is 0 Å². The second-order valence-corrected chi connectivity index (χ2v) is 23.9. The number of carbonyl (C=O) groups is 2. The first kappa shape index (κ1) is 61.0. The summed E-state index contributed by atoms with van der Waals surface area (Å²) in [5.41, 5.74) is -4.17. The Kier molecular flexibility index (Phi) is 19.1. The number of carbonyl (C=O) groups excluding carboxylic acids is 2. The summed E-state index contributed by atoms with van der Waals surface area (Å²) in [7, 11) is 4.54. The van der Waals surface area contributed by atoms with Crippen molar-refractivity contribution in [2.24, 2.45) is 28.6 Å². The second-order valence-electron chi connectivity index (χ2n) is 23.9. The van der Waals surface area contributed by atoms with Crippen LogP contribution >= 0.6 is 0 Å². The second kappa shape index (κ2) is 24.0. The zero-order valence-electron chi connectivity index (χ0n) is 47.0. The van der Waals surface area contributed by atoms with Crippen LogP contribution in [-0.4, -0.2) is 216 Å². The maximum Gasteiger partial charge on any atom is 0.333 e. The molecule has 0 bridgehead atoms. The first-order valence-electron chi connectivity index (χ1n) is 27.9. The van der Waals surface area contributed by atoms with Gasteiger partial charge >= 0.3 is 11.9 Å². The fraction of sp³-hybridized carbons (Fsp3) is 0.927. The minimum Gasteiger partial charge on any atom is -0.462 e. The van der Waals surface area contributed by atoms with Gasteiger partial charge in [-0.2, -0.15) is 0 Å². The van der Waals surface area contributed by atoms with Crippen LogP contribution in [0.25, 0.3) is 0 Å². The number of hydrogen-bond donors (Lipinski definition) is 7. The molecule has 4 aliphatic heterocycles. The summed E-state index contributed by atoms with van der Waals surface area (Å²) in [5.74, 6) is -0.982. The van der Waals surface area contributed by atoms with Crippen LogP contribution in [0.3, 0.4) is 0 Å². The van der Waals surface area contributed by atoms with E-state index in [1.54, 1.807) is 54.9 Å². The monoisotopic (exact) mass is 1100 g/mol. The summed E-state index contributed by atoms with van der Waals surface area (Å²) in [4.78, 5) is 25.8. The molecule has 0 aromatic rings. The molecule has 28 unspecified atom stereocenters. The highest BCUT2D eigenvalue weighted by atomic mass is 16.8. The summed E-state index contributed by atoms with van der Waals surface area (Å²) in [6.07, 6.45) is -12.7. The topological polar surface area (TPSA) is 296 Å². The van der Waals surface area contributed by atoms with Crippen LogP contribution in [-0.2, 0) is 71.2 Å². The number of fused-ring (bicyclic) bond motifs is 5. The molecule has 4 saturated carbocycles. The van der Waals surface area contributed by atoms with Crippen LogP contribution in [0.4, 0.5) is 0 Å². The number of methoxy groups -OCH3 is 3. The minimum absolute atomic E-state index is 0.0105. The lowest BCUT2D eigenvalue weighted by Crippen LogP contribution is -2.72. The predicted octanol–water partition coefficient (Wildman–Crippen LogP) is 2.08. The zero-order valence-corrected chi connectivity index (χ0v) is 47.0. The van der Waals surface area contributed by atoms with E-state index >= 15 is 0 Å². The molecule has 8 rings (SSSR count). The van der Waals surface area contributed by atoms with Gasteiger partial charge in [-0.3, -0.25) is 4.79 Å². The van der Waals surface area contributed by atoms with Crippen LogP contribution in [0.1, 0.15) is 127 Å². The van der Waals surface area contributed by atoms with Crippen LogP contribution in [0, 0.1) is 28.6 Å². The number of hydrogen-bond acceptors (Lipinski definition) is 22. The minimum atomic E-state index is -1.67. The molecule has 77 heavy (non-hydrogen) atoms. The molecule has 22 heteroatoms. The van der Waals surface area contributed by atoms with Crippen molar-refractivity contribution in [1.82, 2.24) is 0 Å². The van der Waals surface area contributed by atoms with Gasteiger partial charge < -0.3 is 97.3 Å². The Morgan fingerprint density at radius 3 is 1.86 bits per heavy atom. The molecule has 28 atom stereocenters. The zero-order chi connectivity index (χ0) is 56.3. The summed E-state index contributed by atoms with van der Waals surface area (Å²) < 4.78 is 80.1. The third kappa shape index (κ3) is 11.1. The van der Waals surface area contributed by atoms with Gasteiger partial charge in [-0.15, -0.1) is 0 Å². The molecule has 7 N–H and O–H groups in total. The Labute approximate surface area is 452 Å². The summed E-state index contributed by atoms with van der Waals surface area (Å²) >= 11 is 0. The summed E-state index contributed by atoms with van der Waals surface area (Å²) in [6, 6.07) is 0. The van der Waals surface area contributed by atoms with Crippen molar-refractivity contribution in [3.05, 3.63) is 11.6 Å². The number of aliphatic hydroxyl groups is 7. The molecule has 8 aliphatic rings. The van der Waals surface area contributed by atoms with Crippen molar-refractivity contribution in [1.29, 1.82) is 0 Å². The Morgan fingerprint density at radius 1 is 0.662 bits per heavy atom. The van der Waals surface area contributed by atoms with Crippen LogP contribution in [0.5, 0.6) is 0 Å². The van der Waals surface area contributed by atoms with Crippen LogP contribution in [0.15, 0.2) is 11.6 Å². The fourth-order valence-electron chi connectivity index (χ4n) is 15.3. The Hall–Kier alpha value is -2.04. The van der Waals surface area contributed by atoms with Gasteiger partial charge in [0, 0.05) is 46.7 Å². The molecule has 4 saturated heterocycles. The fourth-order valence-corrected chi connectivity index (χ4v) is 15.3. The largest absolute Gasteiger partial charge is 0.462 e. The summed E-state index contributed by atoms with van der Waals surface area (Å²) in [5, 5.41) is 78.1. The molecule has 0 aromatic heterocycles. The highest BCUT2D eigenvalue weighted by Gasteiger charge is 2.77. The Balaban J connectivity index is 0.860. The average molecular weight is 1100 g/mol. The first-order chi connectivity index (χ1) is 36.3. The van der Waals surface area contributed by atoms with Gasteiger partial charge in [-0.25, -0.2) is 4.79 Å². The molecule has 4 aliphatic carbocycles. The van der Waals surface area contributed by atoms with E-state index in [4.69, 9.17) is 61.6 Å². The van der Waals surface area contributed by atoms with Gasteiger partial charge in [0.2, 0.25) is 0 Å². The number of ether oxygens (including phenoxy) is 13. The molecule has 4 heterocycles. The number of allylic oxidation sites excluding steroid dienone is 1. The maximum absolute atomic E-state index is 13.1. The molecule has 0 radical (unpaired) electrons. The third-order valence-corrected chi connectivity index (χ3v) is 20.0. The van der Waals surface area contributed by atoms with E-state index in [9.17, 15) is 45.3 Å². The van der Waals surface area contributed by atoms with E-state index in [1.165, 1.54) is 14.0 Å².